The van der Waals surface area contributed by atoms with Gasteiger partial charge in [-0.15, -0.1) is 0 Å². The zero-order valence-corrected chi connectivity index (χ0v) is 10.7. The maximum absolute atomic E-state index is 13.5. The Kier molecular flexibility index (Phi) is 4.93. The second-order valence-corrected chi connectivity index (χ2v) is 4.91. The lowest BCUT2D eigenvalue weighted by atomic mass is 9.89. The van der Waals surface area contributed by atoms with E-state index < -0.39 is 18.2 Å². The van der Waals surface area contributed by atoms with E-state index in [1.165, 1.54) is 44.2 Å². The molecule has 1 fully saturated rings. The van der Waals surface area contributed by atoms with E-state index in [-0.39, 0.29) is 0 Å². The first-order valence-corrected chi connectivity index (χ1v) is 6.63. The molecule has 1 aliphatic rings. The molecule has 0 spiro atoms. The van der Waals surface area contributed by atoms with Crippen molar-refractivity contribution in [2.75, 3.05) is 11.9 Å². The highest BCUT2D eigenvalue weighted by atomic mass is 19.3. The smallest absolute Gasteiger partial charge is 0.387 e. The third-order valence-electron chi connectivity index (χ3n) is 3.47. The largest absolute Gasteiger partial charge is 0.432 e. The lowest BCUT2D eigenvalue weighted by Gasteiger charge is -2.22. The number of anilines is 1. The fraction of sp³-hybridized carbons (Fsp3) is 0.571. The van der Waals surface area contributed by atoms with Gasteiger partial charge < -0.3 is 10.1 Å². The minimum atomic E-state index is -3.00. The van der Waals surface area contributed by atoms with Gasteiger partial charge in [0.1, 0.15) is 0 Å². The van der Waals surface area contributed by atoms with Gasteiger partial charge in [-0.1, -0.05) is 19.3 Å². The van der Waals surface area contributed by atoms with Crippen molar-refractivity contribution in [3.05, 3.63) is 24.0 Å². The molecule has 106 valence electrons. The first-order valence-electron chi connectivity index (χ1n) is 6.63. The number of hydrogen-bond acceptors (Lipinski definition) is 2. The highest BCUT2D eigenvalue weighted by Crippen LogP contribution is 2.26. The molecule has 2 nitrogen and oxygen atoms in total. The zero-order valence-electron chi connectivity index (χ0n) is 10.7. The number of hydrogen-bond donors (Lipinski definition) is 1. The summed E-state index contributed by atoms with van der Waals surface area (Å²) in [6.07, 6.45) is 6.19. The van der Waals surface area contributed by atoms with Crippen LogP contribution in [0.3, 0.4) is 0 Å². The van der Waals surface area contributed by atoms with Crippen molar-refractivity contribution in [2.45, 2.75) is 38.7 Å². The van der Waals surface area contributed by atoms with Crippen LogP contribution in [0.2, 0.25) is 0 Å². The van der Waals surface area contributed by atoms with Crippen molar-refractivity contribution < 1.29 is 17.9 Å². The number of alkyl halides is 2. The summed E-state index contributed by atoms with van der Waals surface area (Å²) in [6, 6.07) is 3.98. The first-order chi connectivity index (χ1) is 9.15. The molecule has 1 aliphatic carbocycles. The second-order valence-electron chi connectivity index (χ2n) is 4.91. The number of benzene rings is 1. The van der Waals surface area contributed by atoms with Gasteiger partial charge >= 0.3 is 6.61 Å². The second kappa shape index (κ2) is 6.68. The van der Waals surface area contributed by atoms with E-state index in [1.807, 2.05) is 0 Å². The predicted octanol–water partition coefficient (Wildman–Crippen LogP) is 4.42. The van der Waals surface area contributed by atoms with Crippen LogP contribution in [0.1, 0.15) is 32.1 Å². The van der Waals surface area contributed by atoms with Gasteiger partial charge in [0.25, 0.3) is 0 Å². The standard InChI is InChI=1S/C14H18F3NO/c15-12-8-11(6-7-13(12)19-14(16)17)18-9-10-4-2-1-3-5-10/h6-8,10,14,18H,1-5,9H2. The van der Waals surface area contributed by atoms with Gasteiger partial charge in [0, 0.05) is 18.3 Å². The van der Waals surface area contributed by atoms with Crippen molar-refractivity contribution >= 4 is 5.69 Å². The Hall–Kier alpha value is -1.39. The molecule has 0 atom stereocenters. The predicted molar refractivity (Wildman–Crippen MR) is 68.1 cm³/mol. The number of halogens is 3. The fourth-order valence-corrected chi connectivity index (χ4v) is 2.46. The Labute approximate surface area is 111 Å². The highest BCUT2D eigenvalue weighted by molar-refractivity contribution is 5.47. The maximum Gasteiger partial charge on any atom is 0.387 e. The molecule has 1 aromatic rings. The van der Waals surface area contributed by atoms with E-state index in [9.17, 15) is 13.2 Å². The third-order valence-corrected chi connectivity index (χ3v) is 3.47. The van der Waals surface area contributed by atoms with Gasteiger partial charge in [-0.05, 0) is 30.9 Å². The molecule has 0 heterocycles. The van der Waals surface area contributed by atoms with Crippen molar-refractivity contribution in [1.82, 2.24) is 0 Å². The molecule has 1 aromatic carbocycles. The van der Waals surface area contributed by atoms with Crippen LogP contribution in [-0.2, 0) is 0 Å². The van der Waals surface area contributed by atoms with Crippen LogP contribution in [0.15, 0.2) is 18.2 Å². The molecule has 0 saturated heterocycles. The molecule has 0 aliphatic heterocycles. The van der Waals surface area contributed by atoms with E-state index in [0.29, 0.717) is 11.6 Å². The highest BCUT2D eigenvalue weighted by Gasteiger charge is 2.14. The first kappa shape index (κ1) is 14.0. The van der Waals surface area contributed by atoms with E-state index in [4.69, 9.17) is 0 Å². The molecular weight excluding hydrogens is 255 g/mol. The van der Waals surface area contributed by atoms with E-state index in [1.54, 1.807) is 6.07 Å². The minimum Gasteiger partial charge on any atom is -0.432 e. The molecule has 0 unspecified atom stereocenters. The minimum absolute atomic E-state index is 0.418. The van der Waals surface area contributed by atoms with Gasteiger partial charge in [0.15, 0.2) is 11.6 Å². The Morgan fingerprint density at radius 3 is 2.58 bits per heavy atom. The molecule has 0 radical (unpaired) electrons. The third kappa shape index (κ3) is 4.33. The van der Waals surface area contributed by atoms with Gasteiger partial charge in [0.2, 0.25) is 0 Å². The van der Waals surface area contributed by atoms with Crippen LogP contribution in [0.4, 0.5) is 18.9 Å². The molecule has 19 heavy (non-hydrogen) atoms. The average Bonchev–Trinajstić information content (AvgIpc) is 2.40. The Bertz CT molecular complexity index is 406. The zero-order chi connectivity index (χ0) is 13.7. The lowest BCUT2D eigenvalue weighted by Crippen LogP contribution is -2.17. The normalized spacial score (nSPS) is 16.6. The van der Waals surface area contributed by atoms with Crippen molar-refractivity contribution in [3.63, 3.8) is 0 Å². The fourth-order valence-electron chi connectivity index (χ4n) is 2.46. The van der Waals surface area contributed by atoms with E-state index >= 15 is 0 Å². The topological polar surface area (TPSA) is 21.3 Å². The van der Waals surface area contributed by atoms with E-state index in [2.05, 4.69) is 10.1 Å². The molecule has 5 heteroatoms. The van der Waals surface area contributed by atoms with Gasteiger partial charge in [0.05, 0.1) is 0 Å². The quantitative estimate of drug-likeness (QED) is 0.857. The lowest BCUT2D eigenvalue weighted by molar-refractivity contribution is -0.0521. The van der Waals surface area contributed by atoms with Crippen LogP contribution in [-0.4, -0.2) is 13.2 Å². The van der Waals surface area contributed by atoms with Crippen molar-refractivity contribution in [1.29, 1.82) is 0 Å². The SMILES string of the molecule is Fc1cc(NCC2CCCCC2)ccc1OC(F)F. The van der Waals surface area contributed by atoms with Gasteiger partial charge in [-0.3, -0.25) is 0 Å². The van der Waals surface area contributed by atoms with Crippen LogP contribution in [0, 0.1) is 11.7 Å². The number of nitrogens with one attached hydrogen (secondary N) is 1. The summed E-state index contributed by atoms with van der Waals surface area (Å²) in [5.41, 5.74) is 0.602. The molecule has 0 bridgehead atoms. The molecular formula is C14H18F3NO. The molecule has 0 amide bonds. The summed E-state index contributed by atoms with van der Waals surface area (Å²) in [6.45, 7) is -2.20. The van der Waals surface area contributed by atoms with Crippen LogP contribution in [0.5, 0.6) is 5.75 Å². The summed E-state index contributed by atoms with van der Waals surface area (Å²) in [5.74, 6) is -0.569. The summed E-state index contributed by atoms with van der Waals surface area (Å²) >= 11 is 0. The maximum atomic E-state index is 13.5. The average molecular weight is 273 g/mol. The monoisotopic (exact) mass is 273 g/mol. The Morgan fingerprint density at radius 2 is 1.95 bits per heavy atom. The molecule has 1 N–H and O–H groups in total. The summed E-state index contributed by atoms with van der Waals surface area (Å²) in [4.78, 5) is 0. The number of ether oxygens (including phenoxy) is 1. The summed E-state index contributed by atoms with van der Waals surface area (Å²) in [7, 11) is 0. The van der Waals surface area contributed by atoms with Crippen molar-refractivity contribution in [2.24, 2.45) is 5.92 Å². The van der Waals surface area contributed by atoms with E-state index in [0.717, 1.165) is 6.54 Å². The Morgan fingerprint density at radius 1 is 1.21 bits per heavy atom. The number of rotatable bonds is 5. The molecule has 0 aromatic heterocycles. The van der Waals surface area contributed by atoms with Crippen LogP contribution >= 0.6 is 0 Å². The van der Waals surface area contributed by atoms with Crippen LogP contribution < -0.4 is 10.1 Å². The van der Waals surface area contributed by atoms with Crippen molar-refractivity contribution in [3.8, 4) is 5.75 Å². The molecule has 2 rings (SSSR count). The summed E-state index contributed by atoms with van der Waals surface area (Å²) in [5, 5.41) is 3.15. The van der Waals surface area contributed by atoms with Gasteiger partial charge in [-0.25, -0.2) is 4.39 Å². The molecule has 1 saturated carbocycles. The van der Waals surface area contributed by atoms with Crippen LogP contribution in [0.25, 0.3) is 0 Å². The summed E-state index contributed by atoms with van der Waals surface area (Å²) < 4.78 is 41.5. The van der Waals surface area contributed by atoms with Gasteiger partial charge in [-0.2, -0.15) is 8.78 Å². The Balaban J connectivity index is 1.88.